The lowest BCUT2D eigenvalue weighted by Gasteiger charge is -2.03. The molecule has 2 aromatic rings. The predicted molar refractivity (Wildman–Crippen MR) is 86.0 cm³/mol. The average Bonchev–Trinajstić information content (AvgIpc) is 2.93. The molecule has 5 heteroatoms. The van der Waals surface area contributed by atoms with Crippen molar-refractivity contribution in [3.63, 3.8) is 0 Å². The molecule has 22 heavy (non-hydrogen) atoms. The van der Waals surface area contributed by atoms with Crippen LogP contribution in [0.15, 0.2) is 30.3 Å². The zero-order chi connectivity index (χ0) is 15.8. The second-order valence-corrected chi connectivity index (χ2v) is 5.44. The van der Waals surface area contributed by atoms with Gasteiger partial charge in [0.05, 0.1) is 0 Å². The van der Waals surface area contributed by atoms with Crippen molar-refractivity contribution in [3.05, 3.63) is 36.0 Å². The van der Waals surface area contributed by atoms with E-state index in [1.807, 2.05) is 30.3 Å². The Balaban J connectivity index is 1.62. The first-order chi connectivity index (χ1) is 10.7. The molecule has 0 bridgehead atoms. The number of hydrogen-bond donors (Lipinski definition) is 3. The lowest BCUT2D eigenvalue weighted by atomic mass is 10.1. The molecule has 1 aromatic heterocycles. The minimum atomic E-state index is -0.731. The maximum atomic E-state index is 12.0. The molecule has 0 fully saturated rings. The lowest BCUT2D eigenvalue weighted by molar-refractivity contribution is -0.137. The number of nitrogens with one attached hydrogen (secondary N) is 2. The third kappa shape index (κ3) is 4.91. The molecule has 5 nitrogen and oxygen atoms in total. The highest BCUT2D eigenvalue weighted by molar-refractivity contribution is 5.97. The van der Waals surface area contributed by atoms with E-state index in [0.717, 1.165) is 43.0 Å². The fraction of sp³-hybridized carbons (Fsp3) is 0.412. The predicted octanol–water partition coefficient (Wildman–Crippen LogP) is 3.32. The van der Waals surface area contributed by atoms with Gasteiger partial charge in [0.2, 0.25) is 0 Å². The number of H-pyrrole nitrogens is 1. The number of carbonyl (C=O) groups excluding carboxylic acids is 1. The number of aromatic nitrogens is 1. The third-order valence-electron chi connectivity index (χ3n) is 3.63. The second-order valence-electron chi connectivity index (χ2n) is 5.44. The number of carbonyl (C=O) groups is 2. The van der Waals surface area contributed by atoms with Gasteiger partial charge in [-0.05, 0) is 25.0 Å². The van der Waals surface area contributed by atoms with E-state index in [1.54, 1.807) is 0 Å². The first-order valence-corrected chi connectivity index (χ1v) is 7.74. The Kier molecular flexibility index (Phi) is 6.01. The van der Waals surface area contributed by atoms with E-state index >= 15 is 0 Å². The summed E-state index contributed by atoms with van der Waals surface area (Å²) in [6.07, 6.45) is 4.84. The van der Waals surface area contributed by atoms with Crippen molar-refractivity contribution in [2.24, 2.45) is 0 Å². The fourth-order valence-corrected chi connectivity index (χ4v) is 2.42. The number of para-hydroxylation sites is 1. The number of hydrogen-bond acceptors (Lipinski definition) is 2. The van der Waals surface area contributed by atoms with Crippen molar-refractivity contribution in [2.45, 2.75) is 38.5 Å². The topological polar surface area (TPSA) is 82.2 Å². The molecule has 2 rings (SSSR count). The van der Waals surface area contributed by atoms with Crippen LogP contribution in [0.2, 0.25) is 0 Å². The van der Waals surface area contributed by atoms with E-state index in [4.69, 9.17) is 5.11 Å². The summed E-state index contributed by atoms with van der Waals surface area (Å²) in [7, 11) is 0. The molecule has 0 aliphatic rings. The van der Waals surface area contributed by atoms with Crippen molar-refractivity contribution in [2.75, 3.05) is 6.54 Å². The number of carboxylic acid groups (broad SMARTS) is 1. The molecular weight excluding hydrogens is 280 g/mol. The van der Waals surface area contributed by atoms with E-state index in [0.29, 0.717) is 12.2 Å². The Bertz CT molecular complexity index is 601. The van der Waals surface area contributed by atoms with Crippen molar-refractivity contribution in [1.82, 2.24) is 10.3 Å². The van der Waals surface area contributed by atoms with Crippen LogP contribution >= 0.6 is 0 Å². The first-order valence-electron chi connectivity index (χ1n) is 7.74. The Hall–Kier alpha value is -2.30. The molecular formula is C17H22N2O3. The van der Waals surface area contributed by atoms with Gasteiger partial charge in [0.15, 0.2) is 0 Å². The van der Waals surface area contributed by atoms with E-state index in [9.17, 15) is 9.59 Å². The fourth-order valence-electron chi connectivity index (χ4n) is 2.42. The van der Waals surface area contributed by atoms with Gasteiger partial charge in [-0.15, -0.1) is 0 Å². The summed E-state index contributed by atoms with van der Waals surface area (Å²) in [6.45, 7) is 0.646. The summed E-state index contributed by atoms with van der Waals surface area (Å²) < 4.78 is 0. The molecule has 0 radical (unpaired) electrons. The van der Waals surface area contributed by atoms with Gasteiger partial charge in [-0.2, -0.15) is 0 Å². The van der Waals surface area contributed by atoms with Gasteiger partial charge in [0.25, 0.3) is 5.91 Å². The highest BCUT2D eigenvalue weighted by Crippen LogP contribution is 2.14. The molecule has 0 aliphatic carbocycles. The molecule has 1 heterocycles. The van der Waals surface area contributed by atoms with Crippen LogP contribution in [0.5, 0.6) is 0 Å². The molecule has 1 aromatic carbocycles. The minimum absolute atomic E-state index is 0.0814. The van der Waals surface area contributed by atoms with Gasteiger partial charge >= 0.3 is 5.97 Å². The number of benzene rings is 1. The van der Waals surface area contributed by atoms with Crippen LogP contribution in [0.4, 0.5) is 0 Å². The Morgan fingerprint density at radius 2 is 1.77 bits per heavy atom. The third-order valence-corrected chi connectivity index (χ3v) is 3.63. The minimum Gasteiger partial charge on any atom is -0.481 e. The van der Waals surface area contributed by atoms with E-state index in [-0.39, 0.29) is 12.3 Å². The Morgan fingerprint density at radius 1 is 1.05 bits per heavy atom. The van der Waals surface area contributed by atoms with Gasteiger partial charge < -0.3 is 15.4 Å². The van der Waals surface area contributed by atoms with Crippen LogP contribution < -0.4 is 5.32 Å². The lowest BCUT2D eigenvalue weighted by Crippen LogP contribution is -2.24. The van der Waals surface area contributed by atoms with E-state index < -0.39 is 5.97 Å². The zero-order valence-electron chi connectivity index (χ0n) is 12.6. The summed E-state index contributed by atoms with van der Waals surface area (Å²) >= 11 is 0. The summed E-state index contributed by atoms with van der Waals surface area (Å²) in [5, 5.41) is 12.5. The molecule has 118 valence electrons. The molecule has 0 saturated heterocycles. The number of fused-ring (bicyclic) bond motifs is 1. The highest BCUT2D eigenvalue weighted by Gasteiger charge is 2.08. The van der Waals surface area contributed by atoms with Crippen LogP contribution in [0.3, 0.4) is 0 Å². The molecule has 0 unspecified atom stereocenters. The van der Waals surface area contributed by atoms with Gasteiger partial charge in [-0.1, -0.05) is 37.5 Å². The Morgan fingerprint density at radius 3 is 2.55 bits per heavy atom. The molecule has 0 spiro atoms. The summed E-state index contributed by atoms with van der Waals surface area (Å²) in [4.78, 5) is 25.5. The molecule has 0 atom stereocenters. The van der Waals surface area contributed by atoms with Crippen LogP contribution in [-0.4, -0.2) is 28.5 Å². The zero-order valence-corrected chi connectivity index (χ0v) is 12.6. The number of amides is 1. The SMILES string of the molecule is O=C(O)CCCCCCCNC(=O)c1cc2ccccc2[nH]1. The van der Waals surface area contributed by atoms with Crippen molar-refractivity contribution in [1.29, 1.82) is 0 Å². The summed E-state index contributed by atoms with van der Waals surface area (Å²) in [6, 6.07) is 9.66. The van der Waals surface area contributed by atoms with E-state index in [2.05, 4.69) is 10.3 Å². The molecule has 3 N–H and O–H groups in total. The van der Waals surface area contributed by atoms with Gasteiger partial charge in [-0.25, -0.2) is 0 Å². The normalized spacial score (nSPS) is 10.7. The van der Waals surface area contributed by atoms with Gasteiger partial charge in [-0.3, -0.25) is 9.59 Å². The maximum Gasteiger partial charge on any atom is 0.303 e. The standard InChI is InChI=1S/C17H22N2O3/c20-16(21)10-4-2-1-3-7-11-18-17(22)15-12-13-8-5-6-9-14(13)19-15/h5-6,8-9,12,19H,1-4,7,10-11H2,(H,18,22)(H,20,21). The number of carboxylic acids is 1. The second kappa shape index (κ2) is 8.22. The summed E-state index contributed by atoms with van der Waals surface area (Å²) in [5.74, 6) is -0.812. The van der Waals surface area contributed by atoms with Crippen molar-refractivity contribution >= 4 is 22.8 Å². The quantitative estimate of drug-likeness (QED) is 0.621. The number of aromatic amines is 1. The van der Waals surface area contributed by atoms with Crippen LogP contribution in [0.25, 0.3) is 10.9 Å². The van der Waals surface area contributed by atoms with Crippen molar-refractivity contribution < 1.29 is 14.7 Å². The first kappa shape index (κ1) is 16.1. The molecule has 0 aliphatic heterocycles. The summed E-state index contributed by atoms with van der Waals surface area (Å²) in [5.41, 5.74) is 1.55. The number of aliphatic carboxylic acids is 1. The van der Waals surface area contributed by atoms with Crippen LogP contribution in [-0.2, 0) is 4.79 Å². The van der Waals surface area contributed by atoms with Gasteiger partial charge in [0, 0.05) is 23.9 Å². The smallest absolute Gasteiger partial charge is 0.303 e. The monoisotopic (exact) mass is 302 g/mol. The van der Waals surface area contributed by atoms with Crippen LogP contribution in [0.1, 0.15) is 49.0 Å². The average molecular weight is 302 g/mol. The molecule has 1 amide bonds. The number of unbranched alkanes of at least 4 members (excludes halogenated alkanes) is 4. The Labute approximate surface area is 129 Å². The number of rotatable bonds is 9. The van der Waals surface area contributed by atoms with Crippen molar-refractivity contribution in [3.8, 4) is 0 Å². The van der Waals surface area contributed by atoms with E-state index in [1.165, 1.54) is 0 Å². The molecule has 0 saturated carbocycles. The van der Waals surface area contributed by atoms with Crippen LogP contribution in [0, 0.1) is 0 Å². The van der Waals surface area contributed by atoms with Gasteiger partial charge in [0.1, 0.15) is 5.69 Å². The highest BCUT2D eigenvalue weighted by atomic mass is 16.4. The maximum absolute atomic E-state index is 12.0. The largest absolute Gasteiger partial charge is 0.481 e.